The van der Waals surface area contributed by atoms with Crippen molar-refractivity contribution in [2.45, 2.75) is 32.7 Å². The van der Waals surface area contributed by atoms with E-state index < -0.39 is 0 Å². The number of hydrogen-bond donors (Lipinski definition) is 2. The highest BCUT2D eigenvalue weighted by molar-refractivity contribution is 6.00. The minimum Gasteiger partial charge on any atom is -0.359 e. The van der Waals surface area contributed by atoms with Crippen molar-refractivity contribution < 1.29 is 14.4 Å². The van der Waals surface area contributed by atoms with Gasteiger partial charge in [0.1, 0.15) is 0 Å². The first kappa shape index (κ1) is 14.6. The maximum absolute atomic E-state index is 11.8. The van der Waals surface area contributed by atoms with E-state index in [2.05, 4.69) is 10.6 Å². The highest BCUT2D eigenvalue weighted by atomic mass is 16.2. The van der Waals surface area contributed by atoms with Gasteiger partial charge in [-0.2, -0.15) is 0 Å². The van der Waals surface area contributed by atoms with Gasteiger partial charge in [0.05, 0.1) is 6.04 Å². The molecule has 0 aromatic carbocycles. The van der Waals surface area contributed by atoms with Gasteiger partial charge in [0.2, 0.25) is 17.7 Å². The Labute approximate surface area is 107 Å². The highest BCUT2D eigenvalue weighted by Crippen LogP contribution is 2.14. The van der Waals surface area contributed by atoms with E-state index in [1.807, 2.05) is 18.7 Å². The molecular weight excluding hydrogens is 234 g/mol. The van der Waals surface area contributed by atoms with Crippen LogP contribution in [0.1, 0.15) is 26.7 Å². The third-order valence-electron chi connectivity index (χ3n) is 3.26. The van der Waals surface area contributed by atoms with E-state index in [1.165, 1.54) is 0 Å². The summed E-state index contributed by atoms with van der Waals surface area (Å²) in [5.41, 5.74) is 0. The number of amides is 3. The van der Waals surface area contributed by atoms with Crippen LogP contribution in [0.3, 0.4) is 0 Å². The Kier molecular flexibility index (Phi) is 5.27. The Morgan fingerprint density at radius 1 is 1.56 bits per heavy atom. The number of likely N-dealkylation sites (N-methyl/N-ethyl adjacent to an activating group) is 1. The number of nitrogens with one attached hydrogen (secondary N) is 2. The second kappa shape index (κ2) is 6.49. The molecule has 0 aromatic rings. The molecular formula is C12H21N3O3. The molecule has 18 heavy (non-hydrogen) atoms. The number of piperidine rings is 1. The van der Waals surface area contributed by atoms with E-state index >= 15 is 0 Å². The molecule has 0 radical (unpaired) electrons. The normalized spacial score (nSPS) is 21.7. The summed E-state index contributed by atoms with van der Waals surface area (Å²) in [5.74, 6) is -0.690. The Morgan fingerprint density at radius 2 is 2.22 bits per heavy atom. The SMILES string of the molecule is CCN(CC(C)C(=O)NC)C1CCC(=O)NC1=O. The maximum Gasteiger partial charge on any atom is 0.243 e. The van der Waals surface area contributed by atoms with Crippen molar-refractivity contribution in [1.82, 2.24) is 15.5 Å². The molecule has 0 aliphatic carbocycles. The van der Waals surface area contributed by atoms with Crippen molar-refractivity contribution in [2.24, 2.45) is 5.92 Å². The summed E-state index contributed by atoms with van der Waals surface area (Å²) in [4.78, 5) is 36.3. The van der Waals surface area contributed by atoms with Gasteiger partial charge < -0.3 is 5.32 Å². The van der Waals surface area contributed by atoms with Crippen LogP contribution in [0.5, 0.6) is 0 Å². The largest absolute Gasteiger partial charge is 0.359 e. The van der Waals surface area contributed by atoms with Crippen molar-refractivity contribution in [3.05, 3.63) is 0 Å². The predicted octanol–water partition coefficient (Wildman–Crippen LogP) is -0.504. The van der Waals surface area contributed by atoms with Crippen LogP contribution in [-0.4, -0.2) is 48.8 Å². The molecule has 1 aliphatic rings. The molecule has 0 bridgehead atoms. The zero-order valence-corrected chi connectivity index (χ0v) is 11.2. The molecule has 2 unspecified atom stereocenters. The summed E-state index contributed by atoms with van der Waals surface area (Å²) in [7, 11) is 1.60. The molecule has 102 valence electrons. The minimum atomic E-state index is -0.306. The molecule has 0 spiro atoms. The van der Waals surface area contributed by atoms with Gasteiger partial charge in [0.25, 0.3) is 0 Å². The van der Waals surface area contributed by atoms with Crippen molar-refractivity contribution in [3.63, 3.8) is 0 Å². The molecule has 1 fully saturated rings. The van der Waals surface area contributed by atoms with Gasteiger partial charge in [-0.15, -0.1) is 0 Å². The van der Waals surface area contributed by atoms with E-state index in [0.29, 0.717) is 25.9 Å². The highest BCUT2D eigenvalue weighted by Gasteiger charge is 2.32. The van der Waals surface area contributed by atoms with E-state index in [4.69, 9.17) is 0 Å². The standard InChI is InChI=1S/C12H21N3O3/c1-4-15(7-8(2)11(17)13-3)9-5-6-10(16)14-12(9)18/h8-9H,4-7H2,1-3H3,(H,13,17)(H,14,16,18). The Morgan fingerprint density at radius 3 is 2.72 bits per heavy atom. The Balaban J connectivity index is 2.63. The monoisotopic (exact) mass is 255 g/mol. The van der Waals surface area contributed by atoms with E-state index in [0.717, 1.165) is 0 Å². The van der Waals surface area contributed by atoms with Gasteiger partial charge in [0.15, 0.2) is 0 Å². The van der Waals surface area contributed by atoms with Crippen LogP contribution in [0.25, 0.3) is 0 Å². The fourth-order valence-corrected chi connectivity index (χ4v) is 2.19. The van der Waals surface area contributed by atoms with Crippen LogP contribution in [0, 0.1) is 5.92 Å². The molecule has 1 saturated heterocycles. The maximum atomic E-state index is 11.8. The topological polar surface area (TPSA) is 78.5 Å². The van der Waals surface area contributed by atoms with Crippen molar-refractivity contribution >= 4 is 17.7 Å². The van der Waals surface area contributed by atoms with Gasteiger partial charge in [-0.05, 0) is 13.0 Å². The third kappa shape index (κ3) is 3.53. The summed E-state index contributed by atoms with van der Waals surface area (Å²) >= 11 is 0. The Hall–Kier alpha value is -1.43. The van der Waals surface area contributed by atoms with E-state index in [-0.39, 0.29) is 29.7 Å². The number of hydrogen-bond acceptors (Lipinski definition) is 4. The summed E-state index contributed by atoms with van der Waals surface area (Å²) in [6.07, 6.45) is 0.889. The molecule has 0 aromatic heterocycles. The molecule has 6 heteroatoms. The smallest absolute Gasteiger partial charge is 0.243 e. The lowest BCUT2D eigenvalue weighted by atomic mass is 10.0. The average molecular weight is 255 g/mol. The van der Waals surface area contributed by atoms with Crippen LogP contribution in [0.2, 0.25) is 0 Å². The predicted molar refractivity (Wildman–Crippen MR) is 66.6 cm³/mol. The summed E-state index contributed by atoms with van der Waals surface area (Å²) < 4.78 is 0. The van der Waals surface area contributed by atoms with Crippen LogP contribution < -0.4 is 10.6 Å². The number of imide groups is 1. The van der Waals surface area contributed by atoms with Crippen molar-refractivity contribution in [2.75, 3.05) is 20.1 Å². The average Bonchev–Trinajstić information content (AvgIpc) is 2.35. The van der Waals surface area contributed by atoms with Gasteiger partial charge in [-0.25, -0.2) is 0 Å². The van der Waals surface area contributed by atoms with Crippen LogP contribution in [-0.2, 0) is 14.4 Å². The molecule has 1 rings (SSSR count). The lowest BCUT2D eigenvalue weighted by Gasteiger charge is -2.33. The third-order valence-corrected chi connectivity index (χ3v) is 3.26. The fraction of sp³-hybridized carbons (Fsp3) is 0.750. The summed E-state index contributed by atoms with van der Waals surface area (Å²) in [6.45, 7) is 4.96. The molecule has 1 heterocycles. The number of rotatable bonds is 5. The van der Waals surface area contributed by atoms with Crippen LogP contribution in [0.4, 0.5) is 0 Å². The second-order valence-electron chi connectivity index (χ2n) is 4.57. The number of carbonyl (C=O) groups excluding carboxylic acids is 3. The molecule has 2 N–H and O–H groups in total. The zero-order chi connectivity index (χ0) is 13.7. The first-order valence-corrected chi connectivity index (χ1v) is 6.28. The van der Waals surface area contributed by atoms with Gasteiger partial charge in [0, 0.05) is 25.9 Å². The van der Waals surface area contributed by atoms with E-state index in [9.17, 15) is 14.4 Å². The molecule has 1 aliphatic heterocycles. The van der Waals surface area contributed by atoms with Gasteiger partial charge in [-0.3, -0.25) is 24.6 Å². The number of nitrogens with zero attached hydrogens (tertiary/aromatic N) is 1. The lowest BCUT2D eigenvalue weighted by Crippen LogP contribution is -2.54. The zero-order valence-electron chi connectivity index (χ0n) is 11.2. The molecule has 0 saturated carbocycles. The second-order valence-corrected chi connectivity index (χ2v) is 4.57. The van der Waals surface area contributed by atoms with Crippen molar-refractivity contribution in [3.8, 4) is 0 Å². The number of carbonyl (C=O) groups is 3. The quantitative estimate of drug-likeness (QED) is 0.649. The van der Waals surface area contributed by atoms with Crippen LogP contribution >= 0.6 is 0 Å². The molecule has 2 atom stereocenters. The fourth-order valence-electron chi connectivity index (χ4n) is 2.19. The summed E-state index contributed by atoms with van der Waals surface area (Å²) in [5, 5.41) is 4.94. The minimum absolute atomic E-state index is 0.0410. The lowest BCUT2D eigenvalue weighted by molar-refractivity contribution is -0.138. The first-order chi connectivity index (χ1) is 8.49. The Bertz CT molecular complexity index is 343. The first-order valence-electron chi connectivity index (χ1n) is 6.28. The summed E-state index contributed by atoms with van der Waals surface area (Å²) in [6, 6.07) is -0.306. The molecule has 6 nitrogen and oxygen atoms in total. The molecule has 3 amide bonds. The van der Waals surface area contributed by atoms with Gasteiger partial charge in [-0.1, -0.05) is 13.8 Å². The van der Waals surface area contributed by atoms with E-state index in [1.54, 1.807) is 7.05 Å². The van der Waals surface area contributed by atoms with Crippen molar-refractivity contribution in [1.29, 1.82) is 0 Å². The van der Waals surface area contributed by atoms with Crippen LogP contribution in [0.15, 0.2) is 0 Å². The van der Waals surface area contributed by atoms with Gasteiger partial charge >= 0.3 is 0 Å².